The lowest BCUT2D eigenvalue weighted by molar-refractivity contribution is -0.194. The van der Waals surface area contributed by atoms with Crippen LogP contribution in [0.5, 0.6) is 0 Å². The Hall–Kier alpha value is -3.58. The van der Waals surface area contributed by atoms with Crippen molar-refractivity contribution < 1.29 is 18.7 Å². The summed E-state index contributed by atoms with van der Waals surface area (Å²) in [6.45, 7) is 3.95. The number of carbonyl (C=O) groups is 1. The normalized spacial score (nSPS) is 21.2. The predicted molar refractivity (Wildman–Crippen MR) is 126 cm³/mol. The van der Waals surface area contributed by atoms with E-state index < -0.39 is 29.8 Å². The Labute approximate surface area is 204 Å². The third kappa shape index (κ3) is 3.90. The van der Waals surface area contributed by atoms with Crippen LogP contribution in [-0.4, -0.2) is 45.0 Å². The molecule has 35 heavy (non-hydrogen) atoms. The van der Waals surface area contributed by atoms with Crippen LogP contribution in [0, 0.1) is 30.1 Å². The summed E-state index contributed by atoms with van der Waals surface area (Å²) in [7, 11) is 0. The highest BCUT2D eigenvalue weighted by atomic mass is 35.5. The molecule has 1 aliphatic carbocycles. The number of alkyl halides is 2. The Balaban J connectivity index is 1.56. The van der Waals surface area contributed by atoms with Gasteiger partial charge in [-0.05, 0) is 44.0 Å². The molecule has 3 aliphatic rings. The van der Waals surface area contributed by atoms with Gasteiger partial charge in [0.15, 0.2) is 17.2 Å². The van der Waals surface area contributed by atoms with Gasteiger partial charge in [-0.1, -0.05) is 17.7 Å². The molecule has 2 unspecified atom stereocenters. The first-order valence-corrected chi connectivity index (χ1v) is 11.5. The molecule has 8 nitrogen and oxygen atoms in total. The monoisotopic (exact) mass is 498 g/mol. The van der Waals surface area contributed by atoms with Crippen LogP contribution >= 0.6 is 11.6 Å². The minimum atomic E-state index is -2.68. The Kier molecular flexibility index (Phi) is 5.48. The van der Waals surface area contributed by atoms with Crippen LogP contribution in [0.1, 0.15) is 46.7 Å². The SMILES string of the molecule is Cc1cc([C@@H](C)Nc2ccc(Cl)nc2C(=O)O)c2nc(N3CC4CC(C3)C4(F)F)c(C#N)nc2c1. The second kappa shape index (κ2) is 8.27. The van der Waals surface area contributed by atoms with Crippen molar-refractivity contribution in [3.05, 3.63) is 51.9 Å². The summed E-state index contributed by atoms with van der Waals surface area (Å²) in [5, 5.41) is 22.5. The van der Waals surface area contributed by atoms with Gasteiger partial charge in [-0.15, -0.1) is 0 Å². The average Bonchev–Trinajstić information content (AvgIpc) is 2.83. The number of aromatic nitrogens is 3. The van der Waals surface area contributed by atoms with E-state index in [1.807, 2.05) is 19.9 Å². The van der Waals surface area contributed by atoms with Crippen LogP contribution in [0.3, 0.4) is 0 Å². The largest absolute Gasteiger partial charge is 0.476 e. The Morgan fingerprint density at radius 2 is 2.00 bits per heavy atom. The number of pyridine rings is 1. The maximum Gasteiger partial charge on any atom is 0.356 e. The highest BCUT2D eigenvalue weighted by molar-refractivity contribution is 6.29. The van der Waals surface area contributed by atoms with Crippen molar-refractivity contribution in [2.75, 3.05) is 23.3 Å². The first-order valence-electron chi connectivity index (χ1n) is 11.1. The first kappa shape index (κ1) is 23.2. The number of anilines is 2. The second-order valence-electron chi connectivity index (χ2n) is 9.14. The molecular formula is C24H21ClF2N6O2. The summed E-state index contributed by atoms with van der Waals surface area (Å²) >= 11 is 5.87. The Morgan fingerprint density at radius 3 is 2.63 bits per heavy atom. The Bertz CT molecular complexity index is 1400. The molecule has 0 spiro atoms. The molecule has 0 radical (unpaired) electrons. The number of piperidine rings is 2. The van der Waals surface area contributed by atoms with Crippen LogP contribution in [0.4, 0.5) is 20.3 Å². The van der Waals surface area contributed by atoms with E-state index in [0.29, 0.717) is 23.3 Å². The fourth-order valence-corrected chi connectivity index (χ4v) is 5.13. The molecule has 6 rings (SSSR count). The molecule has 1 saturated carbocycles. The van der Waals surface area contributed by atoms with Gasteiger partial charge in [-0.3, -0.25) is 0 Å². The number of carboxylic acid groups (broad SMARTS) is 1. The summed E-state index contributed by atoms with van der Waals surface area (Å²) in [6, 6.07) is 8.37. The summed E-state index contributed by atoms with van der Waals surface area (Å²) in [4.78, 5) is 26.5. The van der Waals surface area contributed by atoms with Crippen molar-refractivity contribution in [3.8, 4) is 6.07 Å². The number of nitriles is 1. The third-order valence-corrected chi connectivity index (χ3v) is 6.98. The van der Waals surface area contributed by atoms with Crippen LogP contribution < -0.4 is 10.2 Å². The van der Waals surface area contributed by atoms with Gasteiger partial charge >= 0.3 is 5.97 Å². The molecular weight excluding hydrogens is 478 g/mol. The van der Waals surface area contributed by atoms with Gasteiger partial charge in [0.1, 0.15) is 11.2 Å². The summed E-state index contributed by atoms with van der Waals surface area (Å²) in [5.41, 5.74) is 2.76. The number of aryl methyl sites for hydroxylation is 1. The van der Waals surface area contributed by atoms with Crippen LogP contribution in [0.25, 0.3) is 11.0 Å². The van der Waals surface area contributed by atoms with E-state index >= 15 is 0 Å². The van der Waals surface area contributed by atoms with Gasteiger partial charge < -0.3 is 15.3 Å². The third-order valence-electron chi connectivity index (χ3n) is 6.77. The number of hydrogen-bond acceptors (Lipinski definition) is 7. The molecule has 3 atom stereocenters. The zero-order chi connectivity index (χ0) is 25.1. The standard InChI is InChI=1S/C24H21ClF2N6O2/c1-11-5-15(12(2)29-16-3-4-19(25)31-21(16)23(34)35)20-17(6-11)30-18(8-28)22(32-20)33-9-13-7-14(10-33)24(13,26)27/h3-6,12-14,29H,7,9-10H2,1-2H3,(H,34,35)/t12-,13?,14?/m1/s1. The summed E-state index contributed by atoms with van der Waals surface area (Å²) in [6.07, 6.45) is 0.471. The van der Waals surface area contributed by atoms with Crippen LogP contribution in [0.2, 0.25) is 5.15 Å². The second-order valence-corrected chi connectivity index (χ2v) is 9.53. The fraction of sp³-hybridized carbons (Fsp3) is 0.375. The number of aromatic carboxylic acids is 1. The van der Waals surface area contributed by atoms with E-state index in [4.69, 9.17) is 16.6 Å². The van der Waals surface area contributed by atoms with E-state index in [1.165, 1.54) is 6.07 Å². The predicted octanol–water partition coefficient (Wildman–Crippen LogP) is 4.82. The lowest BCUT2D eigenvalue weighted by Crippen LogP contribution is -2.63. The quantitative estimate of drug-likeness (QED) is 0.481. The molecule has 4 heterocycles. The lowest BCUT2D eigenvalue weighted by atomic mass is 9.67. The number of fused-ring (bicyclic) bond motifs is 3. The smallest absolute Gasteiger partial charge is 0.356 e. The van der Waals surface area contributed by atoms with E-state index in [0.717, 1.165) is 11.1 Å². The van der Waals surface area contributed by atoms with Gasteiger partial charge in [-0.2, -0.15) is 5.26 Å². The van der Waals surface area contributed by atoms with E-state index in [9.17, 15) is 23.9 Å². The number of hydrogen-bond donors (Lipinski definition) is 2. The van der Waals surface area contributed by atoms with Gasteiger partial charge in [-0.25, -0.2) is 28.5 Å². The number of rotatable bonds is 5. The zero-order valence-corrected chi connectivity index (χ0v) is 19.6. The topological polar surface area (TPSA) is 115 Å². The number of benzene rings is 1. The van der Waals surface area contributed by atoms with Crippen molar-refractivity contribution in [1.82, 2.24) is 15.0 Å². The fourth-order valence-electron chi connectivity index (χ4n) is 4.98. The molecule has 3 aromatic rings. The molecule has 2 aliphatic heterocycles. The van der Waals surface area contributed by atoms with Gasteiger partial charge in [0.25, 0.3) is 5.92 Å². The van der Waals surface area contributed by atoms with Gasteiger partial charge in [0.2, 0.25) is 0 Å². The highest BCUT2D eigenvalue weighted by Gasteiger charge is 2.61. The van der Waals surface area contributed by atoms with Crippen molar-refractivity contribution in [3.63, 3.8) is 0 Å². The zero-order valence-electron chi connectivity index (χ0n) is 18.9. The van der Waals surface area contributed by atoms with Gasteiger partial charge in [0.05, 0.1) is 22.8 Å². The number of nitrogens with zero attached hydrogens (tertiary/aromatic N) is 5. The number of carboxylic acids is 1. The molecule has 3 fully saturated rings. The molecule has 2 saturated heterocycles. The Morgan fingerprint density at radius 1 is 1.29 bits per heavy atom. The average molecular weight is 499 g/mol. The van der Waals surface area contributed by atoms with Crippen molar-refractivity contribution >= 4 is 40.1 Å². The maximum atomic E-state index is 14.1. The van der Waals surface area contributed by atoms with E-state index in [2.05, 4.69) is 21.4 Å². The molecule has 2 bridgehead atoms. The minimum absolute atomic E-state index is 0.0614. The van der Waals surface area contributed by atoms with Crippen LogP contribution in [0.15, 0.2) is 24.3 Å². The molecule has 2 N–H and O–H groups in total. The molecule has 0 amide bonds. The van der Waals surface area contributed by atoms with Crippen molar-refractivity contribution in [1.29, 1.82) is 5.26 Å². The van der Waals surface area contributed by atoms with Gasteiger partial charge in [0, 0.05) is 30.5 Å². The lowest BCUT2D eigenvalue weighted by Gasteiger charge is -2.53. The highest BCUT2D eigenvalue weighted by Crippen LogP contribution is 2.53. The summed E-state index contributed by atoms with van der Waals surface area (Å²) < 4.78 is 28.2. The summed E-state index contributed by atoms with van der Waals surface area (Å²) in [5.74, 6) is -5.12. The van der Waals surface area contributed by atoms with Crippen molar-refractivity contribution in [2.45, 2.75) is 32.2 Å². The molecule has 180 valence electrons. The minimum Gasteiger partial charge on any atom is -0.476 e. The maximum absolute atomic E-state index is 14.1. The first-order chi connectivity index (χ1) is 16.6. The molecule has 2 aromatic heterocycles. The molecule has 11 heteroatoms. The molecule has 1 aromatic carbocycles. The number of halogens is 3. The van der Waals surface area contributed by atoms with E-state index in [1.54, 1.807) is 17.0 Å². The van der Waals surface area contributed by atoms with Crippen LogP contribution in [-0.2, 0) is 0 Å². The van der Waals surface area contributed by atoms with Crippen molar-refractivity contribution in [2.24, 2.45) is 11.8 Å². The van der Waals surface area contributed by atoms with E-state index in [-0.39, 0.29) is 35.3 Å². The number of nitrogens with one attached hydrogen (secondary N) is 1.